The van der Waals surface area contributed by atoms with Crippen molar-refractivity contribution < 1.29 is 4.57 Å². The van der Waals surface area contributed by atoms with Gasteiger partial charge in [0.15, 0.2) is 0 Å². The Kier molecular flexibility index (Phi) is 2.55. The molecule has 0 unspecified atom stereocenters. The van der Waals surface area contributed by atoms with Crippen molar-refractivity contribution in [2.45, 2.75) is 4.21 Å². The highest BCUT2D eigenvalue weighted by molar-refractivity contribution is 8.57. The Morgan fingerprint density at radius 2 is 2.30 bits per heavy atom. The summed E-state index contributed by atoms with van der Waals surface area (Å²) in [6, 6.07) is 3.70. The molecule has 1 aromatic heterocycles. The minimum absolute atomic E-state index is 0.897. The highest BCUT2D eigenvalue weighted by atomic mass is 32.7. The monoisotopic (exact) mass is 194 g/mol. The summed E-state index contributed by atoms with van der Waals surface area (Å²) in [6.07, 6.45) is 0. The van der Waals surface area contributed by atoms with Gasteiger partial charge in [0.1, 0.15) is 0 Å². The molecule has 0 fully saturated rings. The fourth-order valence-electron chi connectivity index (χ4n) is 0.456. The molecule has 1 aromatic rings. The van der Waals surface area contributed by atoms with Gasteiger partial charge in [-0.05, 0) is 22.8 Å². The minimum atomic E-state index is -2.93. The van der Waals surface area contributed by atoms with Crippen LogP contribution in [0.15, 0.2) is 21.7 Å². The summed E-state index contributed by atoms with van der Waals surface area (Å²) in [7, 11) is 0. The number of thiophene rings is 1. The SMILES string of the molecule is NP(N)(=O)Sc1cccs1. The molecule has 6 heteroatoms. The lowest BCUT2D eigenvalue weighted by molar-refractivity contribution is 0.587. The third-order valence-electron chi connectivity index (χ3n) is 0.728. The standard InChI is InChI=1S/C4H7N2OPS2/c5-8(6,7)10-4-2-1-3-9-4/h1-3H,(H4,5,6,7). The average molecular weight is 194 g/mol. The summed E-state index contributed by atoms with van der Waals surface area (Å²) < 4.78 is 11.7. The van der Waals surface area contributed by atoms with Gasteiger partial charge in [0.05, 0.1) is 4.21 Å². The molecule has 1 rings (SSSR count). The largest absolute Gasteiger partial charge is 0.277 e. The summed E-state index contributed by atoms with van der Waals surface area (Å²) in [5, 5.41) is 1.89. The summed E-state index contributed by atoms with van der Waals surface area (Å²) in [6.45, 7) is -2.93. The first-order valence-corrected chi connectivity index (χ1v) is 6.63. The van der Waals surface area contributed by atoms with E-state index in [4.69, 9.17) is 11.0 Å². The molecule has 0 radical (unpaired) electrons. The summed E-state index contributed by atoms with van der Waals surface area (Å²) >= 11 is 2.52. The molecule has 10 heavy (non-hydrogen) atoms. The molecule has 0 spiro atoms. The normalized spacial score (nSPS) is 11.8. The molecular weight excluding hydrogens is 187 g/mol. The van der Waals surface area contributed by atoms with Gasteiger partial charge in [-0.3, -0.25) is 15.6 Å². The molecule has 3 nitrogen and oxygen atoms in total. The van der Waals surface area contributed by atoms with Crippen LogP contribution in [0.1, 0.15) is 0 Å². The quantitative estimate of drug-likeness (QED) is 0.705. The number of nitrogens with two attached hydrogens (primary N) is 2. The van der Waals surface area contributed by atoms with E-state index < -0.39 is 6.65 Å². The van der Waals surface area contributed by atoms with E-state index in [2.05, 4.69) is 0 Å². The maximum absolute atomic E-state index is 10.8. The van der Waals surface area contributed by atoms with Crippen LogP contribution in [0, 0.1) is 0 Å². The molecule has 4 N–H and O–H groups in total. The first-order valence-electron chi connectivity index (χ1n) is 2.48. The van der Waals surface area contributed by atoms with Crippen molar-refractivity contribution >= 4 is 29.4 Å². The number of rotatable bonds is 2. The summed E-state index contributed by atoms with van der Waals surface area (Å²) in [4.78, 5) is 0. The Morgan fingerprint density at radius 3 is 2.70 bits per heavy atom. The number of hydrogen-bond acceptors (Lipinski definition) is 3. The van der Waals surface area contributed by atoms with Gasteiger partial charge in [0.25, 0.3) is 6.65 Å². The average Bonchev–Trinajstić information content (AvgIpc) is 2.12. The van der Waals surface area contributed by atoms with E-state index in [0.717, 1.165) is 15.6 Å². The summed E-state index contributed by atoms with van der Waals surface area (Å²) in [5.74, 6) is 0. The van der Waals surface area contributed by atoms with Gasteiger partial charge in [0.2, 0.25) is 0 Å². The maximum Gasteiger partial charge on any atom is 0.266 e. The molecule has 0 saturated carbocycles. The molecule has 0 bridgehead atoms. The zero-order valence-corrected chi connectivity index (χ0v) is 7.59. The molecule has 0 atom stereocenters. The Balaban J connectivity index is 2.66. The molecule has 0 aromatic carbocycles. The van der Waals surface area contributed by atoms with E-state index in [0.29, 0.717) is 0 Å². The minimum Gasteiger partial charge on any atom is -0.277 e. The lowest BCUT2D eigenvalue weighted by atomic mass is 10.7. The van der Waals surface area contributed by atoms with Crippen molar-refractivity contribution in [2.75, 3.05) is 0 Å². The van der Waals surface area contributed by atoms with E-state index in [1.54, 1.807) is 0 Å². The van der Waals surface area contributed by atoms with Crippen molar-refractivity contribution in [2.24, 2.45) is 11.0 Å². The fraction of sp³-hybridized carbons (Fsp3) is 0. The lowest BCUT2D eigenvalue weighted by Crippen LogP contribution is -1.98. The Labute approximate surface area is 67.0 Å². The Morgan fingerprint density at radius 1 is 1.60 bits per heavy atom. The van der Waals surface area contributed by atoms with Crippen molar-refractivity contribution in [3.05, 3.63) is 17.5 Å². The molecular formula is C4H7N2OPS2. The first kappa shape index (κ1) is 8.30. The van der Waals surface area contributed by atoms with Gasteiger partial charge in [-0.1, -0.05) is 6.07 Å². The highest BCUT2D eigenvalue weighted by Gasteiger charge is 2.10. The van der Waals surface area contributed by atoms with Gasteiger partial charge >= 0.3 is 0 Å². The second kappa shape index (κ2) is 3.07. The van der Waals surface area contributed by atoms with Crippen LogP contribution >= 0.6 is 29.4 Å². The zero-order chi connectivity index (χ0) is 7.61. The lowest BCUT2D eigenvalue weighted by Gasteiger charge is -2.00. The van der Waals surface area contributed by atoms with Gasteiger partial charge in [-0.15, -0.1) is 11.3 Å². The molecule has 0 saturated heterocycles. The second-order valence-electron chi connectivity index (χ2n) is 1.67. The van der Waals surface area contributed by atoms with Crippen LogP contribution < -0.4 is 11.0 Å². The molecule has 0 aliphatic heterocycles. The van der Waals surface area contributed by atoms with Crippen LogP contribution in [0.25, 0.3) is 0 Å². The van der Waals surface area contributed by atoms with Gasteiger partial charge < -0.3 is 0 Å². The van der Waals surface area contributed by atoms with Crippen LogP contribution in [0.2, 0.25) is 0 Å². The van der Waals surface area contributed by atoms with Gasteiger partial charge in [-0.2, -0.15) is 0 Å². The topological polar surface area (TPSA) is 69.1 Å². The second-order valence-corrected chi connectivity index (χ2v) is 7.05. The number of hydrogen-bond donors (Lipinski definition) is 2. The molecule has 0 amide bonds. The predicted molar refractivity (Wildman–Crippen MR) is 46.2 cm³/mol. The van der Waals surface area contributed by atoms with Crippen molar-refractivity contribution in [3.63, 3.8) is 0 Å². The van der Waals surface area contributed by atoms with Crippen molar-refractivity contribution in [1.82, 2.24) is 0 Å². The third-order valence-corrected chi connectivity index (χ3v) is 4.35. The van der Waals surface area contributed by atoms with Crippen LogP contribution in [0.3, 0.4) is 0 Å². The van der Waals surface area contributed by atoms with E-state index in [9.17, 15) is 4.57 Å². The van der Waals surface area contributed by atoms with Crippen LogP contribution in [0.5, 0.6) is 0 Å². The van der Waals surface area contributed by atoms with Crippen LogP contribution in [-0.4, -0.2) is 0 Å². The molecule has 56 valence electrons. The van der Waals surface area contributed by atoms with E-state index >= 15 is 0 Å². The van der Waals surface area contributed by atoms with Gasteiger partial charge in [0, 0.05) is 0 Å². The maximum atomic E-state index is 10.8. The molecule has 0 aliphatic rings. The Bertz CT molecular complexity index is 242. The van der Waals surface area contributed by atoms with E-state index in [-0.39, 0.29) is 0 Å². The predicted octanol–water partition coefficient (Wildman–Crippen LogP) is 1.87. The molecule has 0 aliphatic carbocycles. The smallest absolute Gasteiger partial charge is 0.266 e. The van der Waals surface area contributed by atoms with Crippen molar-refractivity contribution in [1.29, 1.82) is 0 Å². The fourth-order valence-corrected chi connectivity index (χ4v) is 4.13. The third kappa shape index (κ3) is 2.86. The Hall–Kier alpha value is 0.200. The van der Waals surface area contributed by atoms with Gasteiger partial charge in [-0.25, -0.2) is 0 Å². The summed E-state index contributed by atoms with van der Waals surface area (Å²) in [5.41, 5.74) is 10.3. The van der Waals surface area contributed by atoms with E-state index in [1.165, 1.54) is 11.3 Å². The van der Waals surface area contributed by atoms with Crippen molar-refractivity contribution in [3.8, 4) is 0 Å². The van der Waals surface area contributed by atoms with E-state index in [1.807, 2.05) is 17.5 Å². The highest BCUT2D eigenvalue weighted by Crippen LogP contribution is 2.49. The van der Waals surface area contributed by atoms with Crippen LogP contribution in [0.4, 0.5) is 0 Å². The molecule has 1 heterocycles. The first-order chi connectivity index (χ1) is 4.58. The van der Waals surface area contributed by atoms with Crippen LogP contribution in [-0.2, 0) is 4.57 Å². The zero-order valence-electron chi connectivity index (χ0n) is 5.06.